The highest BCUT2D eigenvalue weighted by Gasteiger charge is 2.36. The summed E-state index contributed by atoms with van der Waals surface area (Å²) < 4.78 is 1.80. The molecule has 2 atom stereocenters. The number of thiophene rings is 2. The topological polar surface area (TPSA) is 47.8 Å². The Morgan fingerprint density at radius 1 is 1.00 bits per heavy atom. The lowest BCUT2D eigenvalue weighted by molar-refractivity contribution is -0.118. The van der Waals surface area contributed by atoms with Gasteiger partial charge in [0.1, 0.15) is 11.6 Å². The highest BCUT2D eigenvalue weighted by atomic mass is 32.1. The van der Waals surface area contributed by atoms with E-state index in [0.29, 0.717) is 0 Å². The van der Waals surface area contributed by atoms with Crippen LogP contribution in [0.4, 0.5) is 0 Å². The molecule has 0 unspecified atom stereocenters. The molecule has 5 rings (SSSR count). The fourth-order valence-corrected chi connectivity index (χ4v) is 5.20. The van der Waals surface area contributed by atoms with Gasteiger partial charge in [-0.2, -0.15) is 0 Å². The van der Waals surface area contributed by atoms with Crippen molar-refractivity contribution in [1.29, 1.82) is 0 Å². The number of benzene rings is 1. The molecule has 3 aromatic heterocycles. The number of nitrogens with zero attached hydrogens (tertiary/aromatic N) is 3. The molecule has 0 radical (unpaired) electrons. The number of fused-ring (bicyclic) bond motifs is 1. The summed E-state index contributed by atoms with van der Waals surface area (Å²) in [5.74, 6) is 0.122. The SMILES string of the molecule is O=C1C=C(C=Cc2cccs2)C[C@@H](c2cccs2)[C@@H]1n1nnc2ccccc21. The zero-order chi connectivity index (χ0) is 18.9. The van der Waals surface area contributed by atoms with Crippen molar-refractivity contribution in [3.05, 3.63) is 86.8 Å². The van der Waals surface area contributed by atoms with Gasteiger partial charge in [0, 0.05) is 15.7 Å². The smallest absolute Gasteiger partial charge is 0.181 e. The molecule has 138 valence electrons. The van der Waals surface area contributed by atoms with Crippen LogP contribution in [0, 0.1) is 0 Å². The number of allylic oxidation sites excluding steroid dienone is 3. The summed E-state index contributed by atoms with van der Waals surface area (Å²) in [5.41, 5.74) is 2.76. The molecule has 1 aromatic carbocycles. The van der Waals surface area contributed by atoms with Crippen LogP contribution in [0.2, 0.25) is 0 Å². The van der Waals surface area contributed by atoms with Crippen molar-refractivity contribution < 1.29 is 4.79 Å². The van der Waals surface area contributed by atoms with Crippen molar-refractivity contribution in [3.63, 3.8) is 0 Å². The van der Waals surface area contributed by atoms with Gasteiger partial charge >= 0.3 is 0 Å². The molecule has 28 heavy (non-hydrogen) atoms. The maximum absolute atomic E-state index is 13.2. The van der Waals surface area contributed by atoms with Gasteiger partial charge in [0.25, 0.3) is 0 Å². The van der Waals surface area contributed by atoms with Crippen molar-refractivity contribution in [1.82, 2.24) is 15.0 Å². The molecule has 0 saturated carbocycles. The van der Waals surface area contributed by atoms with E-state index in [1.807, 2.05) is 36.4 Å². The van der Waals surface area contributed by atoms with Crippen LogP contribution in [0.1, 0.15) is 28.1 Å². The fraction of sp³-hybridized carbons (Fsp3) is 0.136. The Hall–Kier alpha value is -2.83. The number of rotatable bonds is 4. The normalized spacial score (nSPS) is 20.1. The maximum Gasteiger partial charge on any atom is 0.181 e. The van der Waals surface area contributed by atoms with E-state index in [2.05, 4.69) is 45.4 Å². The average molecular weight is 404 g/mol. The highest BCUT2D eigenvalue weighted by Crippen LogP contribution is 2.42. The van der Waals surface area contributed by atoms with Crippen LogP contribution in [0.15, 0.2) is 77.0 Å². The minimum Gasteiger partial charge on any atom is -0.292 e. The molecule has 1 aliphatic carbocycles. The monoisotopic (exact) mass is 403 g/mol. The first-order chi connectivity index (χ1) is 13.8. The second-order valence-corrected chi connectivity index (χ2v) is 8.72. The molecule has 4 aromatic rings. The van der Waals surface area contributed by atoms with E-state index in [-0.39, 0.29) is 17.7 Å². The summed E-state index contributed by atoms with van der Waals surface area (Å²) in [7, 11) is 0. The van der Waals surface area contributed by atoms with Gasteiger partial charge in [0.15, 0.2) is 5.78 Å². The summed E-state index contributed by atoms with van der Waals surface area (Å²) in [5, 5.41) is 12.7. The van der Waals surface area contributed by atoms with Gasteiger partial charge in [0.05, 0.1) is 5.52 Å². The van der Waals surface area contributed by atoms with Crippen molar-refractivity contribution in [2.45, 2.75) is 18.4 Å². The molecule has 6 heteroatoms. The van der Waals surface area contributed by atoms with E-state index in [0.717, 1.165) is 23.0 Å². The lowest BCUT2D eigenvalue weighted by Gasteiger charge is -2.29. The van der Waals surface area contributed by atoms with Gasteiger partial charge in [-0.25, -0.2) is 4.68 Å². The molecule has 0 aliphatic heterocycles. The van der Waals surface area contributed by atoms with Gasteiger partial charge in [-0.05, 0) is 59.2 Å². The van der Waals surface area contributed by atoms with Crippen LogP contribution in [-0.4, -0.2) is 20.8 Å². The number of para-hydroxylation sites is 1. The van der Waals surface area contributed by atoms with Gasteiger partial charge < -0.3 is 0 Å². The summed E-state index contributed by atoms with van der Waals surface area (Å²) in [6.45, 7) is 0. The van der Waals surface area contributed by atoms with Gasteiger partial charge in [0.2, 0.25) is 0 Å². The molecule has 0 saturated heterocycles. The molecule has 0 bridgehead atoms. The van der Waals surface area contributed by atoms with Crippen LogP contribution in [0.25, 0.3) is 17.1 Å². The number of hydrogen-bond donors (Lipinski definition) is 0. The van der Waals surface area contributed by atoms with E-state index >= 15 is 0 Å². The van der Waals surface area contributed by atoms with Crippen molar-refractivity contribution in [2.24, 2.45) is 0 Å². The Kier molecular flexibility index (Phi) is 4.50. The number of carbonyl (C=O) groups excluding carboxylic acids is 1. The van der Waals surface area contributed by atoms with Crippen LogP contribution in [0.5, 0.6) is 0 Å². The van der Waals surface area contributed by atoms with Crippen molar-refractivity contribution in [2.75, 3.05) is 0 Å². The molecular formula is C22H17N3OS2. The number of hydrogen-bond acceptors (Lipinski definition) is 5. The van der Waals surface area contributed by atoms with Gasteiger partial charge in [-0.3, -0.25) is 4.79 Å². The van der Waals surface area contributed by atoms with Gasteiger partial charge in [-0.15, -0.1) is 27.8 Å². The Balaban J connectivity index is 1.56. The first-order valence-electron chi connectivity index (χ1n) is 9.09. The van der Waals surface area contributed by atoms with Crippen molar-refractivity contribution in [3.8, 4) is 0 Å². The zero-order valence-electron chi connectivity index (χ0n) is 14.9. The second kappa shape index (κ2) is 7.30. The third-order valence-corrected chi connectivity index (χ3v) is 6.85. The summed E-state index contributed by atoms with van der Waals surface area (Å²) in [4.78, 5) is 15.6. The first kappa shape index (κ1) is 17.3. The molecule has 0 N–H and O–H groups in total. The van der Waals surface area contributed by atoms with Crippen molar-refractivity contribution >= 4 is 45.6 Å². The average Bonchev–Trinajstić information content (AvgIpc) is 3.47. The van der Waals surface area contributed by atoms with E-state index in [1.54, 1.807) is 33.4 Å². The molecular weight excluding hydrogens is 386 g/mol. The fourth-order valence-electron chi connectivity index (χ4n) is 3.72. The molecule has 0 amide bonds. The minimum atomic E-state index is -0.370. The number of aromatic nitrogens is 3. The Labute approximate surface area is 170 Å². The summed E-state index contributed by atoms with van der Waals surface area (Å²) in [6.07, 6.45) is 6.72. The quantitative estimate of drug-likeness (QED) is 0.452. The number of ketones is 1. The van der Waals surface area contributed by atoms with Crippen LogP contribution in [0.3, 0.4) is 0 Å². The Morgan fingerprint density at radius 2 is 1.86 bits per heavy atom. The van der Waals surface area contributed by atoms with Crippen LogP contribution in [-0.2, 0) is 4.79 Å². The Morgan fingerprint density at radius 3 is 2.68 bits per heavy atom. The van der Waals surface area contributed by atoms with Crippen LogP contribution < -0.4 is 0 Å². The van der Waals surface area contributed by atoms with E-state index in [1.165, 1.54) is 9.75 Å². The predicted molar refractivity (Wildman–Crippen MR) is 115 cm³/mol. The lowest BCUT2D eigenvalue weighted by Crippen LogP contribution is -2.29. The third kappa shape index (κ3) is 3.15. The Bertz CT molecular complexity index is 1170. The molecule has 0 fully saturated rings. The standard InChI is InChI=1S/C22H17N3OS2/c26-20-14-15(9-10-16-5-3-11-27-16)13-17(21-8-4-12-28-21)22(20)25-19-7-2-1-6-18(19)23-24-25/h1-12,14,17,22H,13H2/t17-,22-/m0/s1. The summed E-state index contributed by atoms with van der Waals surface area (Å²) in [6, 6.07) is 15.7. The third-order valence-electron chi connectivity index (χ3n) is 5.01. The largest absolute Gasteiger partial charge is 0.292 e. The van der Waals surface area contributed by atoms with E-state index < -0.39 is 0 Å². The second-order valence-electron chi connectivity index (χ2n) is 6.76. The van der Waals surface area contributed by atoms with E-state index in [4.69, 9.17) is 0 Å². The van der Waals surface area contributed by atoms with Crippen LogP contribution >= 0.6 is 22.7 Å². The molecule has 0 spiro atoms. The molecule has 4 nitrogen and oxygen atoms in total. The summed E-state index contributed by atoms with van der Waals surface area (Å²) >= 11 is 3.38. The highest BCUT2D eigenvalue weighted by molar-refractivity contribution is 7.10. The minimum absolute atomic E-state index is 0.0468. The lowest BCUT2D eigenvalue weighted by atomic mass is 9.82. The number of carbonyl (C=O) groups is 1. The first-order valence-corrected chi connectivity index (χ1v) is 10.8. The molecule has 3 heterocycles. The van der Waals surface area contributed by atoms with Gasteiger partial charge in [-0.1, -0.05) is 35.6 Å². The zero-order valence-corrected chi connectivity index (χ0v) is 16.6. The maximum atomic E-state index is 13.2. The predicted octanol–water partition coefficient (Wildman–Crippen LogP) is 5.49. The van der Waals surface area contributed by atoms with E-state index in [9.17, 15) is 4.79 Å². The molecule has 1 aliphatic rings.